The minimum Gasteiger partial charge on any atom is -0.484 e. The van der Waals surface area contributed by atoms with Crippen LogP contribution in [-0.4, -0.2) is 53.1 Å². The number of piperidine rings is 1. The first-order valence-corrected chi connectivity index (χ1v) is 10.3. The number of nitrogens with one attached hydrogen (secondary N) is 1. The third-order valence-corrected chi connectivity index (χ3v) is 5.16. The Balaban J connectivity index is 1.45. The first-order chi connectivity index (χ1) is 14.8. The van der Waals surface area contributed by atoms with Crippen molar-refractivity contribution in [2.75, 3.05) is 18.5 Å². The van der Waals surface area contributed by atoms with Crippen LogP contribution in [0.2, 0.25) is 0 Å². The van der Waals surface area contributed by atoms with Crippen molar-refractivity contribution in [2.24, 2.45) is 0 Å². The molecule has 1 aromatic heterocycles. The predicted octanol–water partition coefficient (Wildman–Crippen LogP) is 2.95. The standard InChI is InChI=1S/C22H27N3O6/c1-14-11-20(31-24-14)23-19(26)12-30-22(28)17-7-9-18(10-8-17)29-13-21(27)25-15(2)5-4-6-16(25)3/h7-11,15-16H,4-6,12-13H2,1-3H3,(H,23,26). The van der Waals surface area contributed by atoms with Crippen molar-refractivity contribution in [3.8, 4) is 5.75 Å². The summed E-state index contributed by atoms with van der Waals surface area (Å²) >= 11 is 0. The van der Waals surface area contributed by atoms with Crippen molar-refractivity contribution in [2.45, 2.75) is 52.1 Å². The highest BCUT2D eigenvalue weighted by Crippen LogP contribution is 2.23. The van der Waals surface area contributed by atoms with Crippen LogP contribution in [0.25, 0.3) is 0 Å². The van der Waals surface area contributed by atoms with Crippen LogP contribution in [0.15, 0.2) is 34.9 Å². The van der Waals surface area contributed by atoms with Crippen molar-refractivity contribution >= 4 is 23.7 Å². The maximum atomic E-state index is 12.5. The van der Waals surface area contributed by atoms with Gasteiger partial charge in [0.15, 0.2) is 13.2 Å². The summed E-state index contributed by atoms with van der Waals surface area (Å²) in [5.74, 6) is -0.577. The van der Waals surface area contributed by atoms with Gasteiger partial charge in [0.25, 0.3) is 11.8 Å². The molecule has 1 aliphatic rings. The summed E-state index contributed by atoms with van der Waals surface area (Å²) in [5.41, 5.74) is 0.886. The number of hydrogen-bond donors (Lipinski definition) is 1. The Hall–Kier alpha value is -3.36. The molecule has 0 spiro atoms. The number of ether oxygens (including phenoxy) is 2. The lowest BCUT2D eigenvalue weighted by atomic mass is 9.97. The van der Waals surface area contributed by atoms with E-state index in [0.717, 1.165) is 19.3 Å². The maximum absolute atomic E-state index is 12.5. The average Bonchev–Trinajstić information content (AvgIpc) is 3.15. The van der Waals surface area contributed by atoms with E-state index >= 15 is 0 Å². The fraction of sp³-hybridized carbons (Fsp3) is 0.455. The second-order valence-corrected chi connectivity index (χ2v) is 7.70. The number of amides is 2. The van der Waals surface area contributed by atoms with Crippen LogP contribution >= 0.6 is 0 Å². The molecule has 31 heavy (non-hydrogen) atoms. The van der Waals surface area contributed by atoms with Crippen molar-refractivity contribution in [1.29, 1.82) is 0 Å². The summed E-state index contributed by atoms with van der Waals surface area (Å²) in [4.78, 5) is 38.3. The molecule has 1 aromatic carbocycles. The van der Waals surface area contributed by atoms with E-state index in [1.807, 2.05) is 4.90 Å². The van der Waals surface area contributed by atoms with E-state index in [1.165, 1.54) is 12.1 Å². The number of likely N-dealkylation sites (tertiary alicyclic amines) is 1. The molecular formula is C22H27N3O6. The monoisotopic (exact) mass is 429 g/mol. The molecule has 0 saturated carbocycles. The van der Waals surface area contributed by atoms with Crippen LogP contribution in [0.4, 0.5) is 5.88 Å². The topological polar surface area (TPSA) is 111 Å². The third kappa shape index (κ3) is 6.07. The van der Waals surface area contributed by atoms with Gasteiger partial charge in [-0.1, -0.05) is 5.16 Å². The summed E-state index contributed by atoms with van der Waals surface area (Å²) < 4.78 is 15.5. The van der Waals surface area contributed by atoms with Crippen LogP contribution in [0, 0.1) is 6.92 Å². The van der Waals surface area contributed by atoms with E-state index < -0.39 is 18.5 Å². The Morgan fingerprint density at radius 2 is 1.81 bits per heavy atom. The van der Waals surface area contributed by atoms with Crippen molar-refractivity contribution in [1.82, 2.24) is 10.1 Å². The van der Waals surface area contributed by atoms with Gasteiger partial charge in [-0.05, 0) is 64.3 Å². The molecular weight excluding hydrogens is 402 g/mol. The zero-order valence-corrected chi connectivity index (χ0v) is 17.9. The van der Waals surface area contributed by atoms with Gasteiger partial charge in [0.1, 0.15) is 5.75 Å². The Morgan fingerprint density at radius 1 is 1.13 bits per heavy atom. The number of esters is 1. The molecule has 9 heteroatoms. The molecule has 166 valence electrons. The smallest absolute Gasteiger partial charge is 0.338 e. The number of aromatic nitrogens is 1. The van der Waals surface area contributed by atoms with Crippen molar-refractivity contribution < 1.29 is 28.4 Å². The van der Waals surface area contributed by atoms with E-state index in [9.17, 15) is 14.4 Å². The minimum atomic E-state index is -0.650. The molecule has 2 unspecified atom stereocenters. The molecule has 2 aromatic rings. The summed E-state index contributed by atoms with van der Waals surface area (Å²) in [7, 11) is 0. The summed E-state index contributed by atoms with van der Waals surface area (Å²) in [5, 5.41) is 6.09. The minimum absolute atomic E-state index is 0.0452. The first kappa shape index (κ1) is 22.3. The van der Waals surface area contributed by atoms with Gasteiger partial charge in [0.2, 0.25) is 5.88 Å². The lowest BCUT2D eigenvalue weighted by Gasteiger charge is -2.38. The molecule has 0 radical (unpaired) electrons. The Morgan fingerprint density at radius 3 is 2.42 bits per heavy atom. The molecule has 1 fully saturated rings. The number of rotatable bonds is 7. The normalized spacial score (nSPS) is 18.4. The summed E-state index contributed by atoms with van der Waals surface area (Å²) in [6.45, 7) is 5.32. The zero-order chi connectivity index (χ0) is 22.4. The van der Waals surface area contributed by atoms with Gasteiger partial charge in [-0.3, -0.25) is 14.9 Å². The van der Waals surface area contributed by atoms with Gasteiger partial charge in [-0.25, -0.2) is 4.79 Å². The molecule has 2 amide bonds. The quantitative estimate of drug-likeness (QED) is 0.674. The van der Waals surface area contributed by atoms with E-state index in [0.29, 0.717) is 11.4 Å². The summed E-state index contributed by atoms with van der Waals surface area (Å²) in [6.07, 6.45) is 3.14. The van der Waals surface area contributed by atoms with Crippen molar-refractivity contribution in [3.63, 3.8) is 0 Å². The average molecular weight is 429 g/mol. The second-order valence-electron chi connectivity index (χ2n) is 7.70. The van der Waals surface area contributed by atoms with Gasteiger partial charge >= 0.3 is 5.97 Å². The van der Waals surface area contributed by atoms with Gasteiger partial charge in [0, 0.05) is 18.2 Å². The van der Waals surface area contributed by atoms with Crippen LogP contribution in [0.1, 0.15) is 49.2 Å². The number of anilines is 1. The molecule has 1 N–H and O–H groups in total. The Kier molecular flexibility index (Phi) is 7.28. The van der Waals surface area contributed by atoms with E-state index in [4.69, 9.17) is 14.0 Å². The highest BCUT2D eigenvalue weighted by atomic mass is 16.5. The Bertz CT molecular complexity index is 914. The number of carbonyl (C=O) groups is 3. The second kappa shape index (κ2) is 10.1. The molecule has 2 heterocycles. The molecule has 9 nitrogen and oxygen atoms in total. The number of carbonyl (C=O) groups excluding carboxylic acids is 3. The van der Waals surface area contributed by atoms with Gasteiger partial charge in [0.05, 0.1) is 11.3 Å². The molecule has 1 saturated heterocycles. The maximum Gasteiger partial charge on any atom is 0.338 e. The number of hydrogen-bond acceptors (Lipinski definition) is 7. The molecule has 3 rings (SSSR count). The molecule has 2 atom stereocenters. The lowest BCUT2D eigenvalue weighted by molar-refractivity contribution is -0.139. The Labute approximate surface area is 180 Å². The SMILES string of the molecule is Cc1cc(NC(=O)COC(=O)c2ccc(OCC(=O)N3C(C)CCCC3C)cc2)on1. The summed E-state index contributed by atoms with van der Waals surface area (Å²) in [6, 6.07) is 8.19. The van der Waals surface area contributed by atoms with Crippen molar-refractivity contribution in [3.05, 3.63) is 41.6 Å². The largest absolute Gasteiger partial charge is 0.484 e. The lowest BCUT2D eigenvalue weighted by Crippen LogP contribution is -2.49. The van der Waals surface area contributed by atoms with E-state index in [-0.39, 0.29) is 36.0 Å². The van der Waals surface area contributed by atoms with Crippen LogP contribution in [0.3, 0.4) is 0 Å². The van der Waals surface area contributed by atoms with Crippen LogP contribution < -0.4 is 10.1 Å². The van der Waals surface area contributed by atoms with Crippen LogP contribution in [0.5, 0.6) is 5.75 Å². The van der Waals surface area contributed by atoms with Gasteiger partial charge < -0.3 is 18.9 Å². The number of aryl methyl sites for hydroxylation is 1. The fourth-order valence-electron chi connectivity index (χ4n) is 3.63. The third-order valence-electron chi connectivity index (χ3n) is 5.16. The zero-order valence-electron chi connectivity index (χ0n) is 17.9. The number of benzene rings is 1. The molecule has 1 aliphatic heterocycles. The van der Waals surface area contributed by atoms with E-state index in [2.05, 4.69) is 24.3 Å². The number of nitrogens with zero attached hydrogens (tertiary/aromatic N) is 2. The van der Waals surface area contributed by atoms with E-state index in [1.54, 1.807) is 25.1 Å². The van der Waals surface area contributed by atoms with Crippen LogP contribution in [-0.2, 0) is 14.3 Å². The first-order valence-electron chi connectivity index (χ1n) is 10.3. The molecule has 0 aliphatic carbocycles. The fourth-order valence-corrected chi connectivity index (χ4v) is 3.63. The predicted molar refractivity (Wildman–Crippen MR) is 112 cm³/mol. The highest BCUT2D eigenvalue weighted by Gasteiger charge is 2.29. The van der Waals surface area contributed by atoms with Gasteiger partial charge in [-0.2, -0.15) is 0 Å². The van der Waals surface area contributed by atoms with Gasteiger partial charge in [-0.15, -0.1) is 0 Å². The highest BCUT2D eigenvalue weighted by molar-refractivity contribution is 5.94. The molecule has 0 bridgehead atoms.